The molecule has 3 aromatic carbocycles. The predicted octanol–water partition coefficient (Wildman–Crippen LogP) is 5.80. The van der Waals surface area contributed by atoms with Gasteiger partial charge in [-0.25, -0.2) is 0 Å². The van der Waals surface area contributed by atoms with E-state index in [0.29, 0.717) is 23.1 Å². The maximum atomic E-state index is 9.38. The molecular weight excluding hydrogens is 394 g/mol. The van der Waals surface area contributed by atoms with Gasteiger partial charge >= 0.3 is 0 Å². The molecule has 0 saturated heterocycles. The Morgan fingerprint density at radius 2 is 1.47 bits per heavy atom. The molecule has 32 heavy (non-hydrogen) atoms. The van der Waals surface area contributed by atoms with Gasteiger partial charge in [-0.1, -0.05) is 42.5 Å². The topological polar surface area (TPSA) is 80.6 Å². The Labute approximate surface area is 187 Å². The molecule has 1 aliphatic rings. The fourth-order valence-electron chi connectivity index (χ4n) is 4.13. The first-order valence-corrected chi connectivity index (χ1v) is 10.1. The Morgan fingerprint density at radius 1 is 0.812 bits per heavy atom. The van der Waals surface area contributed by atoms with Gasteiger partial charge in [0.15, 0.2) is 0 Å². The van der Waals surface area contributed by atoms with Crippen molar-refractivity contribution >= 4 is 0 Å². The van der Waals surface area contributed by atoms with E-state index in [-0.39, 0.29) is 0 Å². The van der Waals surface area contributed by atoms with Gasteiger partial charge in [0.05, 0.1) is 36.4 Å². The minimum atomic E-state index is -0.549. The number of rotatable bonds is 4. The molecule has 0 aromatic heterocycles. The first-order chi connectivity index (χ1) is 15.6. The van der Waals surface area contributed by atoms with Crippen LogP contribution in [-0.4, -0.2) is 7.11 Å². The second kappa shape index (κ2) is 8.65. The number of methoxy groups -OCH3 is 1. The molecule has 4 heteroatoms. The van der Waals surface area contributed by atoms with Gasteiger partial charge in [-0.15, -0.1) is 0 Å². The first-order valence-electron chi connectivity index (χ1n) is 10.1. The van der Waals surface area contributed by atoms with E-state index in [0.717, 1.165) is 28.0 Å². The number of allylic oxidation sites excluding steroid dienone is 4. The molecule has 152 valence electrons. The Morgan fingerprint density at radius 3 is 2.00 bits per heavy atom. The van der Waals surface area contributed by atoms with Crippen LogP contribution in [0.15, 0.2) is 90.5 Å². The molecule has 1 unspecified atom stereocenters. The van der Waals surface area contributed by atoms with Gasteiger partial charge in [-0.2, -0.15) is 15.8 Å². The summed E-state index contributed by atoms with van der Waals surface area (Å²) in [7, 11) is 1.64. The standard InChI is InChI=1S/C28H19N3O/c1-32-25-10-11-26(23-6-2-20(17-29)3-7-23)27(16-25)28(14-12-22(19-31)13-15-28)24-8-4-21(18-30)5-9-24/h2-14,16H,15H2,1H3. The van der Waals surface area contributed by atoms with E-state index < -0.39 is 5.41 Å². The molecule has 0 saturated carbocycles. The molecule has 0 aliphatic heterocycles. The highest BCUT2D eigenvalue weighted by molar-refractivity contribution is 5.73. The second-order valence-corrected chi connectivity index (χ2v) is 7.57. The van der Waals surface area contributed by atoms with Crippen LogP contribution in [0.1, 0.15) is 28.7 Å². The molecule has 0 N–H and O–H groups in total. The minimum Gasteiger partial charge on any atom is -0.497 e. The van der Waals surface area contributed by atoms with Gasteiger partial charge in [-0.3, -0.25) is 0 Å². The van der Waals surface area contributed by atoms with Crippen molar-refractivity contribution in [1.29, 1.82) is 15.8 Å². The number of ether oxygens (including phenoxy) is 1. The van der Waals surface area contributed by atoms with Crippen LogP contribution in [0.25, 0.3) is 11.1 Å². The number of hydrogen-bond donors (Lipinski definition) is 0. The zero-order chi connectivity index (χ0) is 22.6. The van der Waals surface area contributed by atoms with Gasteiger partial charge in [0.25, 0.3) is 0 Å². The Balaban J connectivity index is 1.97. The fourth-order valence-corrected chi connectivity index (χ4v) is 4.13. The van der Waals surface area contributed by atoms with E-state index in [1.165, 1.54) is 0 Å². The van der Waals surface area contributed by atoms with E-state index in [4.69, 9.17) is 4.74 Å². The van der Waals surface area contributed by atoms with E-state index >= 15 is 0 Å². The third-order valence-electron chi connectivity index (χ3n) is 5.88. The summed E-state index contributed by atoms with van der Waals surface area (Å²) >= 11 is 0. The van der Waals surface area contributed by atoms with E-state index in [1.54, 1.807) is 7.11 Å². The molecule has 0 heterocycles. The lowest BCUT2D eigenvalue weighted by atomic mass is 9.67. The summed E-state index contributed by atoms with van der Waals surface area (Å²) in [5.41, 5.74) is 5.31. The van der Waals surface area contributed by atoms with Crippen molar-refractivity contribution in [3.05, 3.63) is 113 Å². The highest BCUT2D eigenvalue weighted by Gasteiger charge is 2.35. The van der Waals surface area contributed by atoms with Crippen molar-refractivity contribution in [1.82, 2.24) is 0 Å². The van der Waals surface area contributed by atoms with Gasteiger partial charge in [0.1, 0.15) is 5.75 Å². The highest BCUT2D eigenvalue weighted by atomic mass is 16.5. The monoisotopic (exact) mass is 413 g/mol. The fraction of sp³-hybridized carbons (Fsp3) is 0.107. The number of nitriles is 3. The number of nitrogens with zero attached hydrogens (tertiary/aromatic N) is 3. The maximum absolute atomic E-state index is 9.38. The maximum Gasteiger partial charge on any atom is 0.119 e. The normalized spacial score (nSPS) is 16.9. The van der Waals surface area contributed by atoms with Crippen molar-refractivity contribution in [2.45, 2.75) is 11.8 Å². The Kier molecular flexibility index (Phi) is 5.59. The first kappa shape index (κ1) is 20.7. The summed E-state index contributed by atoms with van der Waals surface area (Å²) in [5.74, 6) is 0.730. The summed E-state index contributed by atoms with van der Waals surface area (Å²) in [6, 6.07) is 27.6. The van der Waals surface area contributed by atoms with Crippen molar-refractivity contribution in [2.24, 2.45) is 0 Å². The quantitative estimate of drug-likeness (QED) is 0.541. The van der Waals surface area contributed by atoms with E-state index in [2.05, 4.69) is 24.3 Å². The SMILES string of the molecule is COc1ccc(-c2ccc(C#N)cc2)c(C2(c3ccc(C#N)cc3)C=CC(C#N)=CC2)c1. The smallest absolute Gasteiger partial charge is 0.119 e. The summed E-state index contributed by atoms with van der Waals surface area (Å²) in [5, 5.41) is 27.8. The van der Waals surface area contributed by atoms with Crippen LogP contribution in [0.2, 0.25) is 0 Å². The van der Waals surface area contributed by atoms with Crippen molar-refractivity contribution in [3.8, 4) is 35.1 Å². The number of benzene rings is 3. The summed E-state index contributed by atoms with van der Waals surface area (Å²) in [4.78, 5) is 0. The number of hydrogen-bond acceptors (Lipinski definition) is 4. The van der Waals surface area contributed by atoms with Gasteiger partial charge in [0, 0.05) is 11.0 Å². The average Bonchev–Trinajstić information content (AvgIpc) is 2.88. The van der Waals surface area contributed by atoms with Crippen LogP contribution < -0.4 is 4.74 Å². The van der Waals surface area contributed by atoms with E-state index in [1.807, 2.05) is 78.9 Å². The molecule has 1 atom stereocenters. The predicted molar refractivity (Wildman–Crippen MR) is 123 cm³/mol. The van der Waals surface area contributed by atoms with Crippen molar-refractivity contribution in [2.75, 3.05) is 7.11 Å². The largest absolute Gasteiger partial charge is 0.497 e. The molecular formula is C28H19N3O. The third-order valence-corrected chi connectivity index (χ3v) is 5.88. The van der Waals surface area contributed by atoms with Crippen LogP contribution in [0.4, 0.5) is 0 Å². The molecule has 4 rings (SSSR count). The van der Waals surface area contributed by atoms with Gasteiger partial charge < -0.3 is 4.74 Å². The minimum absolute atomic E-state index is 0.549. The van der Waals surface area contributed by atoms with Crippen molar-refractivity contribution < 1.29 is 4.74 Å². The average molecular weight is 413 g/mol. The molecule has 1 aliphatic carbocycles. The molecule has 4 nitrogen and oxygen atoms in total. The zero-order valence-corrected chi connectivity index (χ0v) is 17.5. The zero-order valence-electron chi connectivity index (χ0n) is 17.5. The Hall–Kier alpha value is -4.59. The Bertz CT molecular complexity index is 1340. The molecule has 0 spiro atoms. The van der Waals surface area contributed by atoms with Gasteiger partial charge in [-0.05, 0) is 71.1 Å². The second-order valence-electron chi connectivity index (χ2n) is 7.57. The third kappa shape index (κ3) is 3.65. The van der Waals surface area contributed by atoms with Crippen LogP contribution in [0.5, 0.6) is 5.75 Å². The molecule has 0 amide bonds. The lowest BCUT2D eigenvalue weighted by Crippen LogP contribution is -2.27. The van der Waals surface area contributed by atoms with Crippen LogP contribution >= 0.6 is 0 Å². The highest BCUT2D eigenvalue weighted by Crippen LogP contribution is 2.46. The van der Waals surface area contributed by atoms with E-state index in [9.17, 15) is 15.8 Å². The summed E-state index contributed by atoms with van der Waals surface area (Å²) in [6.45, 7) is 0. The lowest BCUT2D eigenvalue weighted by molar-refractivity contribution is 0.413. The molecule has 0 fully saturated rings. The summed E-state index contributed by atoms with van der Waals surface area (Å²) < 4.78 is 5.55. The molecule has 0 bridgehead atoms. The van der Waals surface area contributed by atoms with Crippen LogP contribution in [0, 0.1) is 34.0 Å². The molecule has 0 radical (unpaired) electrons. The molecule has 3 aromatic rings. The van der Waals surface area contributed by atoms with Crippen LogP contribution in [0.3, 0.4) is 0 Å². The van der Waals surface area contributed by atoms with Gasteiger partial charge in [0.2, 0.25) is 0 Å². The van der Waals surface area contributed by atoms with Crippen molar-refractivity contribution in [3.63, 3.8) is 0 Å². The lowest BCUT2D eigenvalue weighted by Gasteiger charge is -2.35. The van der Waals surface area contributed by atoms with Crippen LogP contribution in [-0.2, 0) is 5.41 Å². The summed E-state index contributed by atoms with van der Waals surface area (Å²) in [6.07, 6.45) is 6.45.